The zero-order valence-electron chi connectivity index (χ0n) is 18.2. The first-order chi connectivity index (χ1) is 15.2. The van der Waals surface area contributed by atoms with E-state index in [9.17, 15) is 13.2 Å². The maximum absolute atomic E-state index is 13.2. The Balaban J connectivity index is 1.36. The summed E-state index contributed by atoms with van der Waals surface area (Å²) in [7, 11) is 0. The van der Waals surface area contributed by atoms with Crippen LogP contribution < -0.4 is 10.1 Å². The third-order valence-electron chi connectivity index (χ3n) is 6.36. The molecule has 7 heteroatoms. The van der Waals surface area contributed by atoms with Gasteiger partial charge in [-0.15, -0.1) is 0 Å². The summed E-state index contributed by atoms with van der Waals surface area (Å²) in [6.07, 6.45) is -3.23. The van der Waals surface area contributed by atoms with Gasteiger partial charge in [0.2, 0.25) is 0 Å². The summed E-state index contributed by atoms with van der Waals surface area (Å²) in [6, 6.07) is 12.2. The maximum Gasteiger partial charge on any atom is 0.397 e. The Morgan fingerprint density at radius 1 is 1.16 bits per heavy atom. The van der Waals surface area contributed by atoms with Gasteiger partial charge < -0.3 is 10.1 Å². The predicted molar refractivity (Wildman–Crippen MR) is 121 cm³/mol. The Bertz CT molecular complexity index is 984. The number of allylic oxidation sites excluding steroid dienone is 1. The van der Waals surface area contributed by atoms with Gasteiger partial charge in [0, 0.05) is 31.9 Å². The second kappa shape index (κ2) is 8.99. The highest BCUT2D eigenvalue weighted by Crippen LogP contribution is 2.57. The van der Waals surface area contributed by atoms with Crippen LogP contribution in [-0.4, -0.2) is 24.2 Å². The van der Waals surface area contributed by atoms with E-state index < -0.39 is 11.6 Å². The van der Waals surface area contributed by atoms with Crippen molar-refractivity contribution in [2.24, 2.45) is 5.41 Å². The van der Waals surface area contributed by atoms with Crippen LogP contribution in [0.2, 0.25) is 5.02 Å². The Morgan fingerprint density at radius 2 is 1.84 bits per heavy atom. The fraction of sp³-hybridized carbons (Fsp3) is 0.440. The molecular formula is C25H28ClF3N2O. The Morgan fingerprint density at radius 3 is 2.47 bits per heavy atom. The Kier molecular flexibility index (Phi) is 6.46. The van der Waals surface area contributed by atoms with Crippen molar-refractivity contribution in [2.45, 2.75) is 52.0 Å². The summed E-state index contributed by atoms with van der Waals surface area (Å²) in [5.74, 6) is 0.355. The monoisotopic (exact) mass is 464 g/mol. The molecule has 4 rings (SSSR count). The summed E-state index contributed by atoms with van der Waals surface area (Å²) in [5, 5.41) is 3.68. The molecule has 0 unspecified atom stereocenters. The predicted octanol–water partition coefficient (Wildman–Crippen LogP) is 6.24. The molecule has 0 saturated heterocycles. The van der Waals surface area contributed by atoms with Gasteiger partial charge in [-0.25, -0.2) is 0 Å². The number of ether oxygens (including phenoxy) is 1. The number of nitrogens with zero attached hydrogens (tertiary/aromatic N) is 1. The van der Waals surface area contributed by atoms with Gasteiger partial charge in [-0.2, -0.15) is 13.2 Å². The van der Waals surface area contributed by atoms with E-state index in [1.165, 1.54) is 11.1 Å². The Hall–Kier alpha value is -2.18. The zero-order valence-corrected chi connectivity index (χ0v) is 19.0. The molecule has 1 aliphatic carbocycles. The van der Waals surface area contributed by atoms with Crippen LogP contribution in [0.3, 0.4) is 0 Å². The van der Waals surface area contributed by atoms with Crippen molar-refractivity contribution in [1.29, 1.82) is 0 Å². The number of hydrogen-bond acceptors (Lipinski definition) is 3. The SMILES string of the molecule is C=C(C)NCc1ccc(CN2CCc3c(ccc(OCC4(C(F)(F)F)CC4)c3Cl)C2)cc1. The van der Waals surface area contributed by atoms with E-state index in [1.807, 2.05) is 13.0 Å². The molecule has 0 spiro atoms. The maximum atomic E-state index is 13.2. The van der Waals surface area contributed by atoms with Crippen molar-refractivity contribution >= 4 is 11.6 Å². The van der Waals surface area contributed by atoms with Gasteiger partial charge in [-0.05, 0) is 54.5 Å². The van der Waals surface area contributed by atoms with E-state index in [1.54, 1.807) is 6.07 Å². The van der Waals surface area contributed by atoms with Crippen LogP contribution in [-0.2, 0) is 26.1 Å². The number of nitrogens with one attached hydrogen (secondary N) is 1. The molecule has 2 aliphatic rings. The third-order valence-corrected chi connectivity index (χ3v) is 6.77. The van der Waals surface area contributed by atoms with Gasteiger partial charge in [0.15, 0.2) is 0 Å². The molecule has 1 N–H and O–H groups in total. The highest BCUT2D eigenvalue weighted by molar-refractivity contribution is 6.33. The molecule has 0 radical (unpaired) electrons. The summed E-state index contributed by atoms with van der Waals surface area (Å²) in [5.41, 5.74) is 3.78. The molecule has 1 aliphatic heterocycles. The number of rotatable bonds is 8. The molecule has 2 aromatic rings. The van der Waals surface area contributed by atoms with E-state index in [4.69, 9.17) is 16.3 Å². The lowest BCUT2D eigenvalue weighted by atomic mass is 9.98. The molecule has 2 aromatic carbocycles. The fourth-order valence-electron chi connectivity index (χ4n) is 4.04. The second-order valence-corrected chi connectivity index (χ2v) is 9.37. The van der Waals surface area contributed by atoms with Gasteiger partial charge in [0.05, 0.1) is 5.02 Å². The molecule has 3 nitrogen and oxygen atoms in total. The van der Waals surface area contributed by atoms with Crippen LogP contribution in [0, 0.1) is 5.41 Å². The number of fused-ring (bicyclic) bond motifs is 1. The van der Waals surface area contributed by atoms with Crippen LogP contribution in [0.5, 0.6) is 5.75 Å². The van der Waals surface area contributed by atoms with Crippen molar-refractivity contribution in [3.05, 3.63) is 76.0 Å². The molecule has 0 atom stereocenters. The molecule has 0 aromatic heterocycles. The van der Waals surface area contributed by atoms with E-state index in [0.717, 1.165) is 49.4 Å². The standard InChI is InChI=1S/C25H28ClF3N2O/c1-17(2)30-13-18-3-5-19(6-4-18)14-31-12-9-21-20(15-31)7-8-22(23(21)26)32-16-24(10-11-24)25(27,28)29/h3-8,30H,1,9-16H2,2H3. The fourth-order valence-corrected chi connectivity index (χ4v) is 4.38. The van der Waals surface area contributed by atoms with Crippen molar-refractivity contribution in [3.8, 4) is 5.75 Å². The summed E-state index contributed by atoms with van der Waals surface area (Å²) < 4.78 is 45.0. The summed E-state index contributed by atoms with van der Waals surface area (Å²) >= 11 is 6.53. The molecule has 172 valence electrons. The van der Waals surface area contributed by atoms with Gasteiger partial charge in [0.25, 0.3) is 0 Å². The molecule has 0 amide bonds. The van der Waals surface area contributed by atoms with Crippen LogP contribution in [0.1, 0.15) is 42.0 Å². The molecular weight excluding hydrogens is 437 g/mol. The number of alkyl halides is 3. The topological polar surface area (TPSA) is 24.5 Å². The number of halogens is 4. The highest BCUT2D eigenvalue weighted by Gasteiger charge is 2.63. The lowest BCUT2D eigenvalue weighted by molar-refractivity contribution is -0.194. The second-order valence-electron chi connectivity index (χ2n) is 8.99. The Labute approximate surface area is 192 Å². The highest BCUT2D eigenvalue weighted by atomic mass is 35.5. The molecule has 1 fully saturated rings. The average molecular weight is 465 g/mol. The van der Waals surface area contributed by atoms with Gasteiger partial charge in [0.1, 0.15) is 17.8 Å². The molecule has 1 saturated carbocycles. The van der Waals surface area contributed by atoms with E-state index in [2.05, 4.69) is 41.1 Å². The average Bonchev–Trinajstić information content (AvgIpc) is 3.54. The first kappa shape index (κ1) is 23.0. The van der Waals surface area contributed by atoms with E-state index in [0.29, 0.717) is 10.8 Å². The smallest absolute Gasteiger partial charge is 0.397 e. The van der Waals surface area contributed by atoms with Crippen LogP contribution in [0.25, 0.3) is 0 Å². The third kappa shape index (κ3) is 5.07. The van der Waals surface area contributed by atoms with Crippen LogP contribution in [0.4, 0.5) is 13.2 Å². The molecule has 32 heavy (non-hydrogen) atoms. The van der Waals surface area contributed by atoms with Gasteiger partial charge >= 0.3 is 6.18 Å². The van der Waals surface area contributed by atoms with Crippen molar-refractivity contribution < 1.29 is 17.9 Å². The largest absolute Gasteiger partial charge is 0.491 e. The van der Waals surface area contributed by atoms with Crippen molar-refractivity contribution in [1.82, 2.24) is 10.2 Å². The zero-order chi connectivity index (χ0) is 22.9. The van der Waals surface area contributed by atoms with Gasteiger partial charge in [-0.3, -0.25) is 4.90 Å². The quantitative estimate of drug-likeness (QED) is 0.500. The van der Waals surface area contributed by atoms with Crippen molar-refractivity contribution in [2.75, 3.05) is 13.2 Å². The van der Waals surface area contributed by atoms with Crippen molar-refractivity contribution in [3.63, 3.8) is 0 Å². The van der Waals surface area contributed by atoms with Crippen LogP contribution in [0.15, 0.2) is 48.7 Å². The number of benzene rings is 2. The molecule has 0 bridgehead atoms. The first-order valence-electron chi connectivity index (χ1n) is 10.9. The molecule has 1 heterocycles. The minimum atomic E-state index is -4.23. The van der Waals surface area contributed by atoms with E-state index in [-0.39, 0.29) is 19.4 Å². The van der Waals surface area contributed by atoms with E-state index >= 15 is 0 Å². The first-order valence-corrected chi connectivity index (χ1v) is 11.2. The minimum Gasteiger partial charge on any atom is -0.491 e. The number of hydrogen-bond donors (Lipinski definition) is 1. The van der Waals surface area contributed by atoms with Crippen LogP contribution >= 0.6 is 11.6 Å². The summed E-state index contributed by atoms with van der Waals surface area (Å²) in [4.78, 5) is 2.35. The lowest BCUT2D eigenvalue weighted by Crippen LogP contribution is -2.31. The minimum absolute atomic E-state index is 0.124. The summed E-state index contributed by atoms with van der Waals surface area (Å²) in [6.45, 7) is 8.61. The normalized spacial score (nSPS) is 17.5. The lowest BCUT2D eigenvalue weighted by Gasteiger charge is -2.30. The van der Waals surface area contributed by atoms with Gasteiger partial charge in [-0.1, -0.05) is 48.5 Å².